The molecule has 0 aromatic carbocycles. The molecular formula is C13H16N6. The first-order valence-electron chi connectivity index (χ1n) is 6.29. The summed E-state index contributed by atoms with van der Waals surface area (Å²) in [7, 11) is 0. The van der Waals surface area contributed by atoms with E-state index in [0.29, 0.717) is 12.6 Å². The van der Waals surface area contributed by atoms with Gasteiger partial charge in [-0.2, -0.15) is 5.10 Å². The van der Waals surface area contributed by atoms with Gasteiger partial charge in [0.2, 0.25) is 0 Å². The summed E-state index contributed by atoms with van der Waals surface area (Å²) in [4.78, 5) is 11.7. The minimum absolute atomic E-state index is 0.312. The molecule has 0 radical (unpaired) electrons. The first-order chi connectivity index (χ1) is 9.24. The third kappa shape index (κ3) is 2.29. The van der Waals surface area contributed by atoms with Crippen LogP contribution in [-0.2, 0) is 6.54 Å². The number of anilines is 1. The summed E-state index contributed by atoms with van der Waals surface area (Å²) in [6, 6.07) is 2.36. The number of aromatic nitrogens is 5. The average molecular weight is 256 g/mol. The van der Waals surface area contributed by atoms with Gasteiger partial charge < -0.3 is 10.3 Å². The van der Waals surface area contributed by atoms with Crippen LogP contribution in [0.3, 0.4) is 0 Å². The predicted molar refractivity (Wildman–Crippen MR) is 73.8 cm³/mol. The molecule has 3 rings (SSSR count). The smallest absolute Gasteiger partial charge is 0.158 e. The van der Waals surface area contributed by atoms with Crippen molar-refractivity contribution in [1.29, 1.82) is 0 Å². The maximum Gasteiger partial charge on any atom is 0.158 e. The molecule has 0 atom stereocenters. The van der Waals surface area contributed by atoms with Crippen molar-refractivity contribution in [1.82, 2.24) is 24.7 Å². The fraction of sp³-hybridized carbons (Fsp3) is 0.308. The lowest BCUT2D eigenvalue weighted by Gasteiger charge is -2.07. The second kappa shape index (κ2) is 4.72. The van der Waals surface area contributed by atoms with Crippen LogP contribution in [0.15, 0.2) is 30.9 Å². The molecule has 0 amide bonds. The minimum atomic E-state index is 0.312. The lowest BCUT2D eigenvalue weighted by Crippen LogP contribution is -2.04. The van der Waals surface area contributed by atoms with E-state index >= 15 is 0 Å². The Morgan fingerprint density at radius 2 is 2.21 bits per heavy atom. The number of pyridine rings is 1. The normalized spacial score (nSPS) is 11.3. The first kappa shape index (κ1) is 11.7. The van der Waals surface area contributed by atoms with Crippen LogP contribution < -0.4 is 5.32 Å². The number of H-pyrrole nitrogens is 1. The molecule has 3 aromatic rings. The van der Waals surface area contributed by atoms with Crippen LogP contribution in [0.2, 0.25) is 0 Å². The summed E-state index contributed by atoms with van der Waals surface area (Å²) in [6.45, 7) is 4.84. The molecule has 3 heterocycles. The van der Waals surface area contributed by atoms with Crippen LogP contribution >= 0.6 is 0 Å². The van der Waals surface area contributed by atoms with Gasteiger partial charge in [0.25, 0.3) is 0 Å². The Labute approximate surface area is 110 Å². The van der Waals surface area contributed by atoms with Gasteiger partial charge in [0.1, 0.15) is 5.82 Å². The average Bonchev–Trinajstić information content (AvgIpc) is 3.05. The molecule has 2 N–H and O–H groups in total. The summed E-state index contributed by atoms with van der Waals surface area (Å²) < 4.78 is 1.92. The maximum absolute atomic E-state index is 4.47. The van der Waals surface area contributed by atoms with E-state index in [0.717, 1.165) is 22.5 Å². The largest absolute Gasteiger partial charge is 0.377 e. The van der Waals surface area contributed by atoms with Crippen molar-refractivity contribution in [3.8, 4) is 0 Å². The summed E-state index contributed by atoms with van der Waals surface area (Å²) >= 11 is 0. The van der Waals surface area contributed by atoms with E-state index in [1.54, 1.807) is 6.20 Å². The number of hydrogen-bond donors (Lipinski definition) is 2. The van der Waals surface area contributed by atoms with E-state index in [4.69, 9.17) is 0 Å². The van der Waals surface area contributed by atoms with Crippen LogP contribution in [-0.4, -0.2) is 24.7 Å². The predicted octanol–water partition coefficient (Wildman–Crippen LogP) is 2.35. The third-order valence-corrected chi connectivity index (χ3v) is 2.94. The third-order valence-electron chi connectivity index (χ3n) is 2.94. The standard InChI is InChI=1S/C13H16N6/c1-9(2)19-13-10(6-18-19)5-11(7-17-13)16-8-12-14-3-4-15-12/h3-7,9,16H,8H2,1-2H3,(H,14,15). The van der Waals surface area contributed by atoms with Gasteiger partial charge in [0, 0.05) is 23.8 Å². The first-order valence-corrected chi connectivity index (χ1v) is 6.29. The molecule has 98 valence electrons. The van der Waals surface area contributed by atoms with Crippen molar-refractivity contribution in [2.75, 3.05) is 5.32 Å². The van der Waals surface area contributed by atoms with Gasteiger partial charge in [-0.25, -0.2) is 14.6 Å². The van der Waals surface area contributed by atoms with Crippen molar-refractivity contribution in [3.63, 3.8) is 0 Å². The SMILES string of the molecule is CC(C)n1ncc2cc(NCc3ncc[nH]3)cnc21. The van der Waals surface area contributed by atoms with E-state index in [-0.39, 0.29) is 0 Å². The minimum Gasteiger partial charge on any atom is -0.377 e. The molecule has 0 aliphatic carbocycles. The van der Waals surface area contributed by atoms with E-state index in [2.05, 4.69) is 45.3 Å². The number of aromatic amines is 1. The van der Waals surface area contributed by atoms with Gasteiger partial charge in [-0.05, 0) is 19.9 Å². The van der Waals surface area contributed by atoms with E-state index in [1.807, 2.05) is 23.3 Å². The number of rotatable bonds is 4. The fourth-order valence-corrected chi connectivity index (χ4v) is 2.00. The highest BCUT2D eigenvalue weighted by molar-refractivity contribution is 5.78. The van der Waals surface area contributed by atoms with Gasteiger partial charge in [-0.15, -0.1) is 0 Å². The highest BCUT2D eigenvalue weighted by Crippen LogP contribution is 2.19. The summed E-state index contributed by atoms with van der Waals surface area (Å²) in [5, 5.41) is 8.68. The Balaban J connectivity index is 1.82. The Kier molecular flexibility index (Phi) is 2.91. The number of nitrogens with zero attached hydrogens (tertiary/aromatic N) is 4. The molecule has 0 fully saturated rings. The van der Waals surface area contributed by atoms with Gasteiger partial charge in [0.15, 0.2) is 5.65 Å². The Morgan fingerprint density at radius 1 is 1.32 bits per heavy atom. The maximum atomic E-state index is 4.47. The van der Waals surface area contributed by atoms with Crippen LogP contribution in [0.25, 0.3) is 11.0 Å². The lowest BCUT2D eigenvalue weighted by atomic mass is 10.3. The van der Waals surface area contributed by atoms with Crippen LogP contribution in [0.4, 0.5) is 5.69 Å². The molecule has 0 bridgehead atoms. The monoisotopic (exact) mass is 256 g/mol. The lowest BCUT2D eigenvalue weighted by molar-refractivity contribution is 0.546. The van der Waals surface area contributed by atoms with Crippen LogP contribution in [0, 0.1) is 0 Å². The molecule has 6 nitrogen and oxygen atoms in total. The van der Waals surface area contributed by atoms with Gasteiger partial charge >= 0.3 is 0 Å². The summed E-state index contributed by atoms with van der Waals surface area (Å²) in [5.41, 5.74) is 1.88. The van der Waals surface area contributed by atoms with Crippen molar-refractivity contribution in [2.45, 2.75) is 26.4 Å². The molecule has 6 heteroatoms. The summed E-state index contributed by atoms with van der Waals surface area (Å²) in [6.07, 6.45) is 7.22. The van der Waals surface area contributed by atoms with Gasteiger partial charge in [-0.3, -0.25) is 0 Å². The Morgan fingerprint density at radius 3 is 2.95 bits per heavy atom. The second-order valence-corrected chi connectivity index (χ2v) is 4.71. The van der Waals surface area contributed by atoms with Crippen LogP contribution in [0.5, 0.6) is 0 Å². The molecule has 0 saturated heterocycles. The van der Waals surface area contributed by atoms with Gasteiger partial charge in [0.05, 0.1) is 24.6 Å². The highest BCUT2D eigenvalue weighted by Gasteiger charge is 2.07. The Hall–Kier alpha value is -2.37. The molecule has 0 unspecified atom stereocenters. The quantitative estimate of drug-likeness (QED) is 0.751. The molecule has 19 heavy (non-hydrogen) atoms. The topological polar surface area (TPSA) is 71.4 Å². The van der Waals surface area contributed by atoms with Crippen molar-refractivity contribution < 1.29 is 0 Å². The molecule has 0 aliphatic rings. The number of hydrogen-bond acceptors (Lipinski definition) is 4. The zero-order valence-corrected chi connectivity index (χ0v) is 11.0. The van der Waals surface area contributed by atoms with Crippen LogP contribution in [0.1, 0.15) is 25.7 Å². The zero-order valence-electron chi connectivity index (χ0n) is 11.0. The highest BCUT2D eigenvalue weighted by atomic mass is 15.3. The molecule has 3 aromatic heterocycles. The van der Waals surface area contributed by atoms with Crippen molar-refractivity contribution >= 4 is 16.7 Å². The zero-order chi connectivity index (χ0) is 13.2. The van der Waals surface area contributed by atoms with Gasteiger partial charge in [-0.1, -0.05) is 0 Å². The van der Waals surface area contributed by atoms with E-state index in [9.17, 15) is 0 Å². The van der Waals surface area contributed by atoms with Crippen molar-refractivity contribution in [2.24, 2.45) is 0 Å². The van der Waals surface area contributed by atoms with E-state index < -0.39 is 0 Å². The molecule has 0 saturated carbocycles. The molecular weight excluding hydrogens is 240 g/mol. The molecule has 0 aliphatic heterocycles. The number of fused-ring (bicyclic) bond motifs is 1. The number of nitrogens with one attached hydrogen (secondary N) is 2. The van der Waals surface area contributed by atoms with E-state index in [1.165, 1.54) is 0 Å². The fourth-order valence-electron chi connectivity index (χ4n) is 2.00. The summed E-state index contributed by atoms with van der Waals surface area (Å²) in [5.74, 6) is 0.901. The van der Waals surface area contributed by atoms with Crippen molar-refractivity contribution in [3.05, 3.63) is 36.7 Å². The second-order valence-electron chi connectivity index (χ2n) is 4.71. The molecule has 0 spiro atoms. The Bertz CT molecular complexity index is 668. The number of imidazole rings is 1.